The van der Waals surface area contributed by atoms with Gasteiger partial charge in [0.05, 0.1) is 0 Å². The van der Waals surface area contributed by atoms with Crippen molar-refractivity contribution in [2.45, 2.75) is 70.1 Å². The quantitative estimate of drug-likeness (QED) is 0.517. The molecular formula is C28H36. The van der Waals surface area contributed by atoms with Crippen LogP contribution >= 0.6 is 0 Å². The van der Waals surface area contributed by atoms with E-state index in [1.165, 1.54) is 57.8 Å². The van der Waals surface area contributed by atoms with Gasteiger partial charge < -0.3 is 0 Å². The maximum atomic E-state index is 2.57. The van der Waals surface area contributed by atoms with Gasteiger partial charge in [-0.25, -0.2) is 0 Å². The lowest BCUT2D eigenvalue weighted by atomic mass is 9.54. The Morgan fingerprint density at radius 1 is 0.643 bits per heavy atom. The number of benzene rings is 2. The Hall–Kier alpha value is -1.56. The average Bonchev–Trinajstić information content (AvgIpc) is 3.41. The highest BCUT2D eigenvalue weighted by atomic mass is 14.6. The van der Waals surface area contributed by atoms with E-state index < -0.39 is 0 Å². The summed E-state index contributed by atoms with van der Waals surface area (Å²) in [6.45, 7) is 2.57. The summed E-state index contributed by atoms with van der Waals surface area (Å²) in [5.74, 6) is 4.39. The molecule has 3 aliphatic carbocycles. The van der Waals surface area contributed by atoms with Crippen LogP contribution in [0.5, 0.6) is 0 Å². The third kappa shape index (κ3) is 2.87. The molecule has 4 unspecified atom stereocenters. The van der Waals surface area contributed by atoms with Gasteiger partial charge in [-0.1, -0.05) is 93.3 Å². The lowest BCUT2D eigenvalue weighted by Crippen LogP contribution is -2.45. The Labute approximate surface area is 171 Å². The van der Waals surface area contributed by atoms with Gasteiger partial charge in [-0.3, -0.25) is 0 Å². The summed E-state index contributed by atoms with van der Waals surface area (Å²) < 4.78 is 0. The summed E-state index contributed by atoms with van der Waals surface area (Å²) in [7, 11) is 0. The van der Waals surface area contributed by atoms with Gasteiger partial charge in [0, 0.05) is 5.41 Å². The van der Waals surface area contributed by atoms with Crippen LogP contribution in [0.1, 0.15) is 75.8 Å². The molecule has 4 atom stereocenters. The molecule has 3 aliphatic rings. The minimum absolute atomic E-state index is 0.212. The summed E-state index contributed by atoms with van der Waals surface area (Å²) in [6, 6.07) is 23.4. The third-order valence-corrected chi connectivity index (χ3v) is 8.84. The maximum absolute atomic E-state index is 2.57. The SMILES string of the molecule is CC1CC(C(c2ccccc2)(c2ccccc2)C2CCCC2)C2CCCCC12. The number of fused-ring (bicyclic) bond motifs is 1. The molecule has 2 aromatic rings. The molecule has 28 heavy (non-hydrogen) atoms. The first-order chi connectivity index (χ1) is 13.8. The Bertz CT molecular complexity index is 716. The lowest BCUT2D eigenvalue weighted by Gasteiger charge is -2.49. The lowest BCUT2D eigenvalue weighted by molar-refractivity contribution is 0.127. The van der Waals surface area contributed by atoms with Crippen LogP contribution in [0.15, 0.2) is 60.7 Å². The second-order valence-electron chi connectivity index (χ2n) is 10.0. The van der Waals surface area contributed by atoms with Crippen LogP contribution in [0.4, 0.5) is 0 Å². The molecule has 0 aromatic heterocycles. The summed E-state index contributed by atoms with van der Waals surface area (Å²) in [5.41, 5.74) is 3.43. The first kappa shape index (κ1) is 18.5. The molecule has 148 valence electrons. The van der Waals surface area contributed by atoms with E-state index in [4.69, 9.17) is 0 Å². The van der Waals surface area contributed by atoms with Crippen LogP contribution in [-0.4, -0.2) is 0 Å². The molecule has 0 bridgehead atoms. The van der Waals surface area contributed by atoms with Crippen LogP contribution < -0.4 is 0 Å². The minimum atomic E-state index is 0.212. The van der Waals surface area contributed by atoms with Gasteiger partial charge in [0.15, 0.2) is 0 Å². The van der Waals surface area contributed by atoms with Crippen molar-refractivity contribution in [2.24, 2.45) is 29.6 Å². The summed E-state index contributed by atoms with van der Waals surface area (Å²) in [6.07, 6.45) is 12.9. The van der Waals surface area contributed by atoms with E-state index >= 15 is 0 Å². The molecule has 0 heterocycles. The largest absolute Gasteiger partial charge is 0.0622 e. The molecule has 0 heteroatoms. The van der Waals surface area contributed by atoms with Crippen molar-refractivity contribution in [2.75, 3.05) is 0 Å². The van der Waals surface area contributed by atoms with Crippen LogP contribution in [-0.2, 0) is 5.41 Å². The summed E-state index contributed by atoms with van der Waals surface area (Å²) in [5, 5.41) is 0. The smallest absolute Gasteiger partial charge is 0.0262 e. The molecule has 0 N–H and O–H groups in total. The second-order valence-corrected chi connectivity index (χ2v) is 10.0. The first-order valence-electron chi connectivity index (χ1n) is 11.9. The fourth-order valence-electron chi connectivity index (χ4n) is 7.85. The third-order valence-electron chi connectivity index (χ3n) is 8.84. The molecule has 0 amide bonds. The van der Waals surface area contributed by atoms with Gasteiger partial charge in [0.25, 0.3) is 0 Å². The van der Waals surface area contributed by atoms with E-state index in [2.05, 4.69) is 67.6 Å². The van der Waals surface area contributed by atoms with Crippen LogP contribution in [0.2, 0.25) is 0 Å². The average molecular weight is 373 g/mol. The number of hydrogen-bond acceptors (Lipinski definition) is 0. The predicted octanol–water partition coefficient (Wildman–Crippen LogP) is 7.63. The molecule has 0 aliphatic heterocycles. The van der Waals surface area contributed by atoms with Gasteiger partial charge in [0.1, 0.15) is 0 Å². The van der Waals surface area contributed by atoms with Crippen molar-refractivity contribution in [3.8, 4) is 0 Å². The van der Waals surface area contributed by atoms with Crippen molar-refractivity contribution in [3.63, 3.8) is 0 Å². The highest BCUT2D eigenvalue weighted by Gasteiger charge is 2.56. The van der Waals surface area contributed by atoms with E-state index in [0.29, 0.717) is 0 Å². The van der Waals surface area contributed by atoms with Gasteiger partial charge in [-0.05, 0) is 72.8 Å². The molecular weight excluding hydrogens is 336 g/mol. The van der Waals surface area contributed by atoms with Crippen LogP contribution in [0.25, 0.3) is 0 Å². The van der Waals surface area contributed by atoms with Crippen molar-refractivity contribution in [1.29, 1.82) is 0 Å². The minimum Gasteiger partial charge on any atom is -0.0622 e. The summed E-state index contributed by atoms with van der Waals surface area (Å²) in [4.78, 5) is 0. The first-order valence-corrected chi connectivity index (χ1v) is 11.9. The Kier molecular flexibility index (Phi) is 5.07. The zero-order valence-electron chi connectivity index (χ0n) is 17.5. The zero-order valence-corrected chi connectivity index (χ0v) is 17.5. The zero-order chi connectivity index (χ0) is 19.0. The van der Waals surface area contributed by atoms with E-state index in [9.17, 15) is 0 Å². The van der Waals surface area contributed by atoms with Crippen molar-refractivity contribution in [3.05, 3.63) is 71.8 Å². The normalized spacial score (nSPS) is 31.0. The Morgan fingerprint density at radius 2 is 1.14 bits per heavy atom. The molecule has 2 aromatic carbocycles. The van der Waals surface area contributed by atoms with Crippen molar-refractivity contribution in [1.82, 2.24) is 0 Å². The molecule has 0 spiro atoms. The fraction of sp³-hybridized carbons (Fsp3) is 0.571. The van der Waals surface area contributed by atoms with E-state index in [1.807, 2.05) is 0 Å². The molecule has 5 rings (SSSR count). The molecule has 3 fully saturated rings. The van der Waals surface area contributed by atoms with Gasteiger partial charge in [-0.2, -0.15) is 0 Å². The molecule has 0 nitrogen and oxygen atoms in total. The molecule has 0 saturated heterocycles. The van der Waals surface area contributed by atoms with Crippen LogP contribution in [0.3, 0.4) is 0 Å². The van der Waals surface area contributed by atoms with E-state index in [0.717, 1.165) is 29.6 Å². The van der Waals surface area contributed by atoms with Gasteiger partial charge >= 0.3 is 0 Å². The van der Waals surface area contributed by atoms with Crippen molar-refractivity contribution >= 4 is 0 Å². The Morgan fingerprint density at radius 3 is 1.71 bits per heavy atom. The highest BCUT2D eigenvalue weighted by Crippen LogP contribution is 2.62. The monoisotopic (exact) mass is 372 g/mol. The topological polar surface area (TPSA) is 0 Å². The second kappa shape index (κ2) is 7.69. The predicted molar refractivity (Wildman–Crippen MR) is 118 cm³/mol. The fourth-order valence-corrected chi connectivity index (χ4v) is 7.85. The van der Waals surface area contributed by atoms with Gasteiger partial charge in [0.2, 0.25) is 0 Å². The number of rotatable bonds is 4. The van der Waals surface area contributed by atoms with E-state index in [-0.39, 0.29) is 5.41 Å². The number of hydrogen-bond donors (Lipinski definition) is 0. The van der Waals surface area contributed by atoms with Crippen LogP contribution in [0, 0.1) is 29.6 Å². The maximum Gasteiger partial charge on any atom is 0.0262 e. The van der Waals surface area contributed by atoms with Crippen molar-refractivity contribution < 1.29 is 0 Å². The molecule has 0 radical (unpaired) electrons. The highest BCUT2D eigenvalue weighted by molar-refractivity contribution is 5.43. The standard InChI is InChI=1S/C28H36/c1-21-20-27(26-19-11-10-18-25(21)26)28(24-16-8-9-17-24,22-12-4-2-5-13-22)23-14-6-3-7-15-23/h2-7,12-15,21,24-27H,8-11,16-20H2,1H3. The Balaban J connectivity index is 1.72. The van der Waals surface area contributed by atoms with E-state index in [1.54, 1.807) is 11.1 Å². The van der Waals surface area contributed by atoms with Gasteiger partial charge in [-0.15, -0.1) is 0 Å². The summed E-state index contributed by atoms with van der Waals surface area (Å²) >= 11 is 0. The molecule has 3 saturated carbocycles.